The smallest absolute Gasteiger partial charge is 0.303 e. The Morgan fingerprint density at radius 3 is 2.73 bits per heavy atom. The lowest BCUT2D eigenvalue weighted by atomic mass is 10.2. The number of halogens is 1. The molecule has 1 aromatic carbocycles. The molecule has 0 bridgehead atoms. The maximum atomic E-state index is 11.9. The van der Waals surface area contributed by atoms with Gasteiger partial charge in [-0.15, -0.1) is 0 Å². The van der Waals surface area contributed by atoms with E-state index in [-0.39, 0.29) is 10.8 Å². The molecule has 0 aliphatic carbocycles. The van der Waals surface area contributed by atoms with Gasteiger partial charge in [0.1, 0.15) is 0 Å². The summed E-state index contributed by atoms with van der Waals surface area (Å²) in [5.74, 6) is -1.00. The average Bonchev–Trinajstić information content (AvgIpc) is 2.78. The molecule has 120 valence electrons. The van der Waals surface area contributed by atoms with Crippen molar-refractivity contribution in [2.75, 3.05) is 28.5 Å². The summed E-state index contributed by atoms with van der Waals surface area (Å²) >= 11 is 6.05. The lowest BCUT2D eigenvalue weighted by molar-refractivity contribution is -0.144. The molecule has 1 N–H and O–H groups in total. The largest absolute Gasteiger partial charge is 0.456 e. The van der Waals surface area contributed by atoms with Crippen LogP contribution in [-0.2, 0) is 24.3 Å². The highest BCUT2D eigenvalue weighted by molar-refractivity contribution is 7.93. The fraction of sp³-hybridized carbons (Fsp3) is 0.385. The standard InChI is InChI=1S/C13H15ClN2O5S/c1-9(17)21-8-13(18)15-10-3-4-11(14)12(7-10)16-5-2-6-22(16,19)20/h3-4,7H,2,5-6,8H2,1H3,(H,15,18). The number of hydrogen-bond donors (Lipinski definition) is 1. The maximum absolute atomic E-state index is 11.9. The molecule has 22 heavy (non-hydrogen) atoms. The number of carbonyl (C=O) groups excluding carboxylic acids is 2. The van der Waals surface area contributed by atoms with Crippen LogP contribution in [0.25, 0.3) is 0 Å². The van der Waals surface area contributed by atoms with E-state index in [9.17, 15) is 18.0 Å². The molecule has 1 aliphatic heterocycles. The Labute approximate surface area is 133 Å². The van der Waals surface area contributed by atoms with E-state index >= 15 is 0 Å². The van der Waals surface area contributed by atoms with Crippen molar-refractivity contribution in [2.24, 2.45) is 0 Å². The van der Waals surface area contributed by atoms with Crippen molar-refractivity contribution in [3.8, 4) is 0 Å². The average molecular weight is 347 g/mol. The fourth-order valence-corrected chi connectivity index (χ4v) is 3.90. The van der Waals surface area contributed by atoms with Gasteiger partial charge in [0, 0.05) is 19.2 Å². The molecule has 0 aromatic heterocycles. The summed E-state index contributed by atoms with van der Waals surface area (Å²) in [5, 5.41) is 2.80. The molecule has 1 heterocycles. The van der Waals surface area contributed by atoms with Gasteiger partial charge in [-0.1, -0.05) is 11.6 Å². The quantitative estimate of drug-likeness (QED) is 0.831. The van der Waals surface area contributed by atoms with Crippen LogP contribution in [-0.4, -0.2) is 39.2 Å². The second kappa shape index (κ2) is 6.53. The molecule has 1 aromatic rings. The first-order valence-electron chi connectivity index (χ1n) is 6.53. The van der Waals surface area contributed by atoms with Crippen LogP contribution in [0.15, 0.2) is 18.2 Å². The van der Waals surface area contributed by atoms with Crippen LogP contribution in [0, 0.1) is 0 Å². The number of sulfonamides is 1. The van der Waals surface area contributed by atoms with Gasteiger partial charge < -0.3 is 10.1 Å². The summed E-state index contributed by atoms with van der Waals surface area (Å²) in [7, 11) is -3.36. The predicted molar refractivity (Wildman–Crippen MR) is 82.5 cm³/mol. The minimum atomic E-state index is -3.36. The number of esters is 1. The second-order valence-electron chi connectivity index (χ2n) is 4.74. The third-order valence-electron chi connectivity index (χ3n) is 3.00. The van der Waals surface area contributed by atoms with Gasteiger partial charge >= 0.3 is 5.97 Å². The van der Waals surface area contributed by atoms with E-state index in [4.69, 9.17) is 11.6 Å². The van der Waals surface area contributed by atoms with Gasteiger partial charge in [0.2, 0.25) is 10.0 Å². The molecule has 2 rings (SSSR count). The van der Waals surface area contributed by atoms with Gasteiger partial charge in [0.05, 0.1) is 16.5 Å². The van der Waals surface area contributed by atoms with Crippen molar-refractivity contribution in [3.63, 3.8) is 0 Å². The van der Waals surface area contributed by atoms with Crippen molar-refractivity contribution in [1.29, 1.82) is 0 Å². The first-order chi connectivity index (χ1) is 10.3. The van der Waals surface area contributed by atoms with Crippen LogP contribution < -0.4 is 9.62 Å². The van der Waals surface area contributed by atoms with E-state index in [2.05, 4.69) is 10.1 Å². The van der Waals surface area contributed by atoms with Crippen molar-refractivity contribution >= 4 is 44.9 Å². The molecule has 1 saturated heterocycles. The van der Waals surface area contributed by atoms with Crippen LogP contribution in [0.2, 0.25) is 5.02 Å². The number of benzene rings is 1. The Hall–Kier alpha value is -1.80. The van der Waals surface area contributed by atoms with Crippen molar-refractivity contribution in [2.45, 2.75) is 13.3 Å². The van der Waals surface area contributed by atoms with Crippen LogP contribution >= 0.6 is 11.6 Å². The molecule has 0 atom stereocenters. The number of rotatable bonds is 4. The SMILES string of the molecule is CC(=O)OCC(=O)Nc1ccc(Cl)c(N2CCCS2(=O)=O)c1. The van der Waals surface area contributed by atoms with E-state index in [1.165, 1.54) is 23.4 Å². The summed E-state index contributed by atoms with van der Waals surface area (Å²) in [6.07, 6.45) is 0.529. The molecule has 0 spiro atoms. The number of nitrogens with one attached hydrogen (secondary N) is 1. The first-order valence-corrected chi connectivity index (χ1v) is 8.51. The Morgan fingerprint density at radius 2 is 2.14 bits per heavy atom. The van der Waals surface area contributed by atoms with Gasteiger partial charge in [-0.2, -0.15) is 0 Å². The Bertz CT molecular complexity index is 704. The van der Waals surface area contributed by atoms with Crippen molar-refractivity contribution < 1.29 is 22.7 Å². The van der Waals surface area contributed by atoms with E-state index in [1.807, 2.05) is 0 Å². The van der Waals surface area contributed by atoms with Gasteiger partial charge in [-0.05, 0) is 24.6 Å². The third-order valence-corrected chi connectivity index (χ3v) is 5.18. The van der Waals surface area contributed by atoms with Gasteiger partial charge in [-0.25, -0.2) is 8.42 Å². The highest BCUT2D eigenvalue weighted by Gasteiger charge is 2.30. The second-order valence-corrected chi connectivity index (χ2v) is 7.16. The molecule has 9 heteroatoms. The summed E-state index contributed by atoms with van der Waals surface area (Å²) in [6, 6.07) is 4.53. The Kier molecular flexibility index (Phi) is 4.92. The Balaban J connectivity index is 2.17. The van der Waals surface area contributed by atoms with Gasteiger partial charge in [-0.3, -0.25) is 13.9 Å². The highest BCUT2D eigenvalue weighted by atomic mass is 35.5. The van der Waals surface area contributed by atoms with Gasteiger partial charge in [0.25, 0.3) is 5.91 Å². The summed E-state index contributed by atoms with van der Waals surface area (Å²) in [6.45, 7) is 1.15. The van der Waals surface area contributed by atoms with E-state index in [0.29, 0.717) is 24.3 Å². The van der Waals surface area contributed by atoms with Crippen LogP contribution in [0.5, 0.6) is 0 Å². The van der Waals surface area contributed by atoms with Crippen LogP contribution in [0.4, 0.5) is 11.4 Å². The van der Waals surface area contributed by atoms with Crippen molar-refractivity contribution in [1.82, 2.24) is 0 Å². The third kappa shape index (κ3) is 3.89. The molecule has 0 radical (unpaired) electrons. The predicted octanol–water partition coefficient (Wildman–Crippen LogP) is 1.38. The summed E-state index contributed by atoms with van der Waals surface area (Å²) in [5.41, 5.74) is 0.697. The zero-order chi connectivity index (χ0) is 16.3. The molecule has 7 nitrogen and oxygen atoms in total. The van der Waals surface area contributed by atoms with Crippen LogP contribution in [0.1, 0.15) is 13.3 Å². The van der Waals surface area contributed by atoms with Gasteiger partial charge in [0.15, 0.2) is 6.61 Å². The molecule has 0 unspecified atom stereocenters. The monoisotopic (exact) mass is 346 g/mol. The number of amides is 1. The van der Waals surface area contributed by atoms with Crippen LogP contribution in [0.3, 0.4) is 0 Å². The molecular formula is C13H15ClN2O5S. The normalized spacial score (nSPS) is 16.4. The molecule has 1 aliphatic rings. The number of carbonyl (C=O) groups is 2. The van der Waals surface area contributed by atoms with E-state index in [0.717, 1.165) is 0 Å². The number of ether oxygens (including phenoxy) is 1. The summed E-state index contributed by atoms with van der Waals surface area (Å²) in [4.78, 5) is 22.3. The minimum absolute atomic E-state index is 0.0758. The molecule has 1 amide bonds. The maximum Gasteiger partial charge on any atom is 0.303 e. The van der Waals surface area contributed by atoms with Crippen molar-refractivity contribution in [3.05, 3.63) is 23.2 Å². The van der Waals surface area contributed by atoms with E-state index < -0.39 is 28.5 Å². The van der Waals surface area contributed by atoms with E-state index in [1.54, 1.807) is 6.07 Å². The Morgan fingerprint density at radius 1 is 1.41 bits per heavy atom. The number of hydrogen-bond acceptors (Lipinski definition) is 5. The number of anilines is 2. The zero-order valence-electron chi connectivity index (χ0n) is 11.8. The molecule has 0 saturated carbocycles. The topological polar surface area (TPSA) is 92.8 Å². The lowest BCUT2D eigenvalue weighted by Crippen LogP contribution is -2.25. The lowest BCUT2D eigenvalue weighted by Gasteiger charge is -2.19. The minimum Gasteiger partial charge on any atom is -0.456 e. The summed E-state index contributed by atoms with van der Waals surface area (Å²) < 4.78 is 29.7. The fourth-order valence-electron chi connectivity index (χ4n) is 2.06. The highest BCUT2D eigenvalue weighted by Crippen LogP contribution is 2.33. The molecular weight excluding hydrogens is 332 g/mol. The molecule has 1 fully saturated rings. The first kappa shape index (κ1) is 16.6. The zero-order valence-corrected chi connectivity index (χ0v) is 13.4. The number of nitrogens with zero attached hydrogens (tertiary/aromatic N) is 1.